The average Bonchev–Trinajstić information content (AvgIpc) is 3.34. The Hall–Kier alpha value is -4.56. The van der Waals surface area contributed by atoms with Gasteiger partial charge >= 0.3 is 6.18 Å². The van der Waals surface area contributed by atoms with Gasteiger partial charge in [-0.15, -0.1) is 0 Å². The fourth-order valence-electron chi connectivity index (χ4n) is 3.83. The van der Waals surface area contributed by atoms with E-state index >= 15 is 0 Å². The van der Waals surface area contributed by atoms with Gasteiger partial charge in [-0.3, -0.25) is 14.7 Å². The second-order valence-corrected chi connectivity index (χ2v) is 8.46. The van der Waals surface area contributed by atoms with Crippen LogP contribution in [0, 0.1) is 5.82 Å². The van der Waals surface area contributed by atoms with E-state index in [1.165, 1.54) is 30.5 Å². The molecule has 1 fully saturated rings. The highest BCUT2D eigenvalue weighted by Crippen LogP contribution is 2.32. The monoisotopic (exact) mass is 544 g/mol. The summed E-state index contributed by atoms with van der Waals surface area (Å²) in [6.07, 6.45) is -3.87. The van der Waals surface area contributed by atoms with Crippen molar-refractivity contribution in [3.05, 3.63) is 71.8 Å². The fraction of sp³-hybridized carbons (Fsp3) is 0.200. The van der Waals surface area contributed by atoms with Crippen molar-refractivity contribution < 1.29 is 36.6 Å². The lowest BCUT2D eigenvalue weighted by molar-refractivity contribution is -0.137. The quantitative estimate of drug-likeness (QED) is 0.269. The highest BCUT2D eigenvalue weighted by atomic mass is 19.4. The number of morpholine rings is 1. The van der Waals surface area contributed by atoms with Crippen LogP contribution < -0.4 is 20.7 Å². The molecule has 4 aromatic rings. The van der Waals surface area contributed by atoms with Crippen molar-refractivity contribution in [1.82, 2.24) is 20.5 Å². The molecule has 0 bridgehead atoms. The van der Waals surface area contributed by atoms with Crippen LogP contribution in [0.25, 0.3) is 10.9 Å². The van der Waals surface area contributed by atoms with E-state index in [4.69, 9.17) is 9.47 Å². The minimum Gasteiger partial charge on any atom is -0.457 e. The van der Waals surface area contributed by atoms with Gasteiger partial charge in [0.1, 0.15) is 29.2 Å². The number of carbonyl (C=O) groups is 2. The van der Waals surface area contributed by atoms with Gasteiger partial charge in [-0.05, 0) is 36.4 Å². The standard InChI is InChI=1S/C25H20F4N6O4/c26-17-10-14(39-15-5-6-31-21(11-15)33-23(36)20-12-30-7-8-38-20)2-4-19(17)32-24(37)22-16-9-13(25(27,28)29)1-3-18(16)34-35-22/h1-6,9-11,20,30H,7-8,12H2,(H,32,37)(H,34,35)(H,31,33,36). The van der Waals surface area contributed by atoms with E-state index in [1.807, 2.05) is 0 Å². The van der Waals surface area contributed by atoms with Crippen LogP contribution in [0.2, 0.25) is 0 Å². The molecule has 1 unspecified atom stereocenters. The SMILES string of the molecule is O=C(Nc1ccc(Oc2ccnc(NC(=O)C3CNCCO3)c2)cc1F)c1n[nH]c2ccc(C(F)(F)F)cc12. The van der Waals surface area contributed by atoms with E-state index in [2.05, 4.69) is 31.1 Å². The maximum atomic E-state index is 14.8. The summed E-state index contributed by atoms with van der Waals surface area (Å²) in [6, 6.07) is 9.39. The molecule has 202 valence electrons. The Labute approximate surface area is 217 Å². The molecule has 2 aromatic carbocycles. The largest absolute Gasteiger partial charge is 0.457 e. The Balaban J connectivity index is 1.26. The summed E-state index contributed by atoms with van der Waals surface area (Å²) in [6.45, 7) is 1.44. The Morgan fingerprint density at radius 3 is 2.62 bits per heavy atom. The molecule has 0 saturated carbocycles. The van der Waals surface area contributed by atoms with Gasteiger partial charge in [-0.2, -0.15) is 18.3 Å². The molecule has 1 aliphatic rings. The van der Waals surface area contributed by atoms with E-state index in [0.29, 0.717) is 19.7 Å². The highest BCUT2D eigenvalue weighted by molar-refractivity contribution is 6.11. The predicted octanol–water partition coefficient (Wildman–Crippen LogP) is 4.09. The van der Waals surface area contributed by atoms with Crippen molar-refractivity contribution >= 4 is 34.2 Å². The minimum absolute atomic E-state index is 0.0606. The van der Waals surface area contributed by atoms with Crippen molar-refractivity contribution in [3.8, 4) is 11.5 Å². The van der Waals surface area contributed by atoms with Crippen LogP contribution in [0.15, 0.2) is 54.7 Å². The molecule has 0 aliphatic carbocycles. The minimum atomic E-state index is -4.61. The van der Waals surface area contributed by atoms with Crippen molar-refractivity contribution in [3.63, 3.8) is 0 Å². The Morgan fingerprint density at radius 1 is 1.05 bits per heavy atom. The number of benzene rings is 2. The number of pyridine rings is 1. The van der Waals surface area contributed by atoms with Crippen LogP contribution in [-0.2, 0) is 15.7 Å². The van der Waals surface area contributed by atoms with Gasteiger partial charge in [0.2, 0.25) is 0 Å². The maximum absolute atomic E-state index is 14.8. The molecule has 1 saturated heterocycles. The van der Waals surface area contributed by atoms with E-state index in [-0.39, 0.29) is 45.5 Å². The lowest BCUT2D eigenvalue weighted by Crippen LogP contribution is -2.45. The number of halogens is 4. The maximum Gasteiger partial charge on any atom is 0.416 e. The summed E-state index contributed by atoms with van der Waals surface area (Å²) in [5.74, 6) is -1.61. The van der Waals surface area contributed by atoms with Crippen LogP contribution in [0.3, 0.4) is 0 Å². The van der Waals surface area contributed by atoms with Gasteiger partial charge < -0.3 is 25.4 Å². The molecule has 4 N–H and O–H groups in total. The summed E-state index contributed by atoms with van der Waals surface area (Å²) in [5.41, 5.74) is -1.29. The third-order valence-electron chi connectivity index (χ3n) is 5.73. The molecule has 14 heteroatoms. The summed E-state index contributed by atoms with van der Waals surface area (Å²) in [5, 5.41) is 14.2. The smallest absolute Gasteiger partial charge is 0.416 e. The Morgan fingerprint density at radius 2 is 1.87 bits per heavy atom. The Kier molecular flexibility index (Phi) is 7.13. The van der Waals surface area contributed by atoms with Crippen molar-refractivity contribution in [2.75, 3.05) is 30.3 Å². The number of fused-ring (bicyclic) bond motifs is 1. The first-order valence-corrected chi connectivity index (χ1v) is 11.6. The number of H-pyrrole nitrogens is 1. The highest BCUT2D eigenvalue weighted by Gasteiger charge is 2.31. The van der Waals surface area contributed by atoms with Gasteiger partial charge in [0.05, 0.1) is 23.4 Å². The molecule has 0 spiro atoms. The number of nitrogens with one attached hydrogen (secondary N) is 4. The molecule has 10 nitrogen and oxygen atoms in total. The number of carbonyl (C=O) groups excluding carboxylic acids is 2. The molecule has 2 amide bonds. The molecule has 1 aliphatic heterocycles. The van der Waals surface area contributed by atoms with Gasteiger partial charge in [0.15, 0.2) is 5.69 Å². The molecular formula is C25H20F4N6O4. The molecule has 2 aromatic heterocycles. The molecule has 0 radical (unpaired) electrons. The van der Waals surface area contributed by atoms with E-state index in [0.717, 1.165) is 24.3 Å². The summed E-state index contributed by atoms with van der Waals surface area (Å²) >= 11 is 0. The first kappa shape index (κ1) is 26.1. The summed E-state index contributed by atoms with van der Waals surface area (Å²) in [7, 11) is 0. The van der Waals surface area contributed by atoms with Gasteiger partial charge in [0, 0.05) is 36.8 Å². The number of alkyl halides is 3. The lowest BCUT2D eigenvalue weighted by Gasteiger charge is -2.22. The second kappa shape index (κ2) is 10.7. The van der Waals surface area contributed by atoms with Crippen LogP contribution in [-0.4, -0.2) is 52.8 Å². The van der Waals surface area contributed by atoms with E-state index in [1.54, 1.807) is 0 Å². The topological polar surface area (TPSA) is 130 Å². The normalized spacial score (nSPS) is 15.6. The number of amides is 2. The van der Waals surface area contributed by atoms with Gasteiger partial charge in [0.25, 0.3) is 11.8 Å². The fourth-order valence-corrected chi connectivity index (χ4v) is 3.83. The first-order valence-electron chi connectivity index (χ1n) is 11.6. The number of ether oxygens (including phenoxy) is 2. The molecule has 39 heavy (non-hydrogen) atoms. The zero-order chi connectivity index (χ0) is 27.6. The lowest BCUT2D eigenvalue weighted by atomic mass is 10.1. The van der Waals surface area contributed by atoms with Crippen molar-refractivity contribution in [2.24, 2.45) is 0 Å². The van der Waals surface area contributed by atoms with Crippen LogP contribution in [0.4, 0.5) is 29.1 Å². The van der Waals surface area contributed by atoms with Crippen molar-refractivity contribution in [2.45, 2.75) is 12.3 Å². The number of anilines is 2. The van der Waals surface area contributed by atoms with E-state index < -0.39 is 29.6 Å². The number of aromatic nitrogens is 3. The number of aromatic amines is 1. The molecular weight excluding hydrogens is 524 g/mol. The summed E-state index contributed by atoms with van der Waals surface area (Å²) in [4.78, 5) is 29.1. The van der Waals surface area contributed by atoms with Gasteiger partial charge in [-0.25, -0.2) is 9.37 Å². The van der Waals surface area contributed by atoms with Gasteiger partial charge in [-0.1, -0.05) is 0 Å². The molecule has 1 atom stereocenters. The summed E-state index contributed by atoms with van der Waals surface area (Å²) < 4.78 is 65.1. The first-order chi connectivity index (χ1) is 18.7. The second-order valence-electron chi connectivity index (χ2n) is 8.46. The van der Waals surface area contributed by atoms with Crippen LogP contribution in [0.5, 0.6) is 11.5 Å². The Bertz CT molecular complexity index is 1530. The zero-order valence-corrected chi connectivity index (χ0v) is 19.9. The number of nitrogens with zero attached hydrogens (tertiary/aromatic N) is 2. The van der Waals surface area contributed by atoms with E-state index in [9.17, 15) is 27.2 Å². The third-order valence-corrected chi connectivity index (χ3v) is 5.73. The van der Waals surface area contributed by atoms with Crippen LogP contribution >= 0.6 is 0 Å². The zero-order valence-electron chi connectivity index (χ0n) is 19.9. The number of rotatable bonds is 6. The van der Waals surface area contributed by atoms with Crippen LogP contribution in [0.1, 0.15) is 16.1 Å². The number of hydrogen-bond acceptors (Lipinski definition) is 7. The molecule has 3 heterocycles. The molecule has 5 rings (SSSR count). The number of hydrogen-bond donors (Lipinski definition) is 4. The van der Waals surface area contributed by atoms with Crippen molar-refractivity contribution in [1.29, 1.82) is 0 Å². The predicted molar refractivity (Wildman–Crippen MR) is 131 cm³/mol. The third kappa shape index (κ3) is 5.97. The average molecular weight is 544 g/mol.